The van der Waals surface area contributed by atoms with Gasteiger partial charge in [-0.05, 0) is 30.5 Å². The molecule has 2 aliphatic rings. The van der Waals surface area contributed by atoms with Crippen molar-refractivity contribution in [2.45, 2.75) is 38.0 Å². The van der Waals surface area contributed by atoms with Crippen LogP contribution in [0.4, 0.5) is 0 Å². The molecule has 0 bridgehead atoms. The largest absolute Gasteiger partial charge is 0.493 e. The Kier molecular flexibility index (Phi) is 9.31. The van der Waals surface area contributed by atoms with E-state index in [0.29, 0.717) is 50.5 Å². The van der Waals surface area contributed by atoms with Crippen LogP contribution in [0.3, 0.4) is 0 Å². The summed E-state index contributed by atoms with van der Waals surface area (Å²) in [4.78, 5) is 14.9. The normalized spacial score (nSPS) is 18.9. The molecule has 158 valence electrons. The molecule has 3 rings (SSSR count). The molecule has 28 heavy (non-hydrogen) atoms. The van der Waals surface area contributed by atoms with E-state index in [1.54, 1.807) is 14.2 Å². The fraction of sp³-hybridized carbons (Fsp3) is 0.650. The Bertz CT molecular complexity index is 621. The summed E-state index contributed by atoms with van der Waals surface area (Å²) < 4.78 is 22.0. The molecular formula is C20H31ClN2O5. The fourth-order valence-electron chi connectivity index (χ4n) is 3.20. The summed E-state index contributed by atoms with van der Waals surface area (Å²) in [7, 11) is 3.31. The lowest BCUT2D eigenvalue weighted by molar-refractivity contribution is -0.146. The second-order valence-corrected chi connectivity index (χ2v) is 6.94. The number of methoxy groups -OCH3 is 2. The van der Waals surface area contributed by atoms with Crippen molar-refractivity contribution in [1.29, 1.82) is 0 Å². The number of rotatable bonds is 10. The number of benzene rings is 1. The van der Waals surface area contributed by atoms with Crippen LogP contribution in [0.5, 0.6) is 11.5 Å². The van der Waals surface area contributed by atoms with Gasteiger partial charge in [-0.1, -0.05) is 6.07 Å². The molecule has 1 atom stereocenters. The maximum absolute atomic E-state index is 12.9. The van der Waals surface area contributed by atoms with Gasteiger partial charge in [0.05, 0.1) is 20.3 Å². The molecular weight excluding hydrogens is 384 g/mol. The van der Waals surface area contributed by atoms with Gasteiger partial charge >= 0.3 is 0 Å². The molecule has 1 aromatic carbocycles. The number of carbonyl (C=O) groups excluding carboxylic acids is 1. The van der Waals surface area contributed by atoms with Gasteiger partial charge in [0.2, 0.25) is 0 Å². The van der Waals surface area contributed by atoms with Crippen LogP contribution < -0.4 is 14.8 Å². The van der Waals surface area contributed by atoms with Gasteiger partial charge in [-0.2, -0.15) is 0 Å². The first-order valence-electron chi connectivity index (χ1n) is 9.64. The predicted molar refractivity (Wildman–Crippen MR) is 108 cm³/mol. The number of morpholine rings is 1. The highest BCUT2D eigenvalue weighted by atomic mass is 35.5. The molecule has 1 heterocycles. The Morgan fingerprint density at radius 3 is 2.71 bits per heavy atom. The van der Waals surface area contributed by atoms with Gasteiger partial charge < -0.3 is 29.2 Å². The zero-order valence-corrected chi connectivity index (χ0v) is 17.5. The van der Waals surface area contributed by atoms with Crippen LogP contribution in [0, 0.1) is 0 Å². The minimum Gasteiger partial charge on any atom is -0.493 e. The molecule has 0 spiro atoms. The number of hydrogen-bond acceptors (Lipinski definition) is 6. The maximum Gasteiger partial charge on any atom is 0.253 e. The van der Waals surface area contributed by atoms with Crippen molar-refractivity contribution in [2.24, 2.45) is 0 Å². The Morgan fingerprint density at radius 2 is 2.07 bits per heavy atom. The van der Waals surface area contributed by atoms with E-state index in [0.717, 1.165) is 31.4 Å². The molecule has 1 aliphatic heterocycles. The lowest BCUT2D eigenvalue weighted by Crippen LogP contribution is -2.49. The lowest BCUT2D eigenvalue weighted by Gasteiger charge is -2.30. The first kappa shape index (κ1) is 22.7. The minimum atomic E-state index is -0.387. The first-order chi connectivity index (χ1) is 13.2. The average Bonchev–Trinajstić information content (AvgIpc) is 3.55. The minimum absolute atomic E-state index is 0. The Hall–Kier alpha value is -1.54. The van der Waals surface area contributed by atoms with Crippen molar-refractivity contribution in [3.05, 3.63) is 23.8 Å². The second kappa shape index (κ2) is 11.5. The molecule has 1 unspecified atom stereocenters. The smallest absolute Gasteiger partial charge is 0.253 e. The topological polar surface area (TPSA) is 69.3 Å². The van der Waals surface area contributed by atoms with E-state index in [2.05, 4.69) is 5.32 Å². The SMILES string of the molecule is COCCCOc1cc(CN(C(=O)C2CNCCO2)C2CC2)ccc1OC.Cl. The Labute approximate surface area is 173 Å². The molecule has 1 aliphatic carbocycles. The molecule has 0 aromatic heterocycles. The van der Waals surface area contributed by atoms with E-state index in [-0.39, 0.29) is 24.4 Å². The summed E-state index contributed by atoms with van der Waals surface area (Å²) >= 11 is 0. The number of hydrogen-bond donors (Lipinski definition) is 1. The number of ether oxygens (including phenoxy) is 4. The third kappa shape index (κ3) is 6.24. The summed E-state index contributed by atoms with van der Waals surface area (Å²) in [6, 6.07) is 6.17. The molecule has 0 radical (unpaired) electrons. The standard InChI is InChI=1S/C20H30N2O5.ClH/c1-24-9-3-10-26-18-12-15(4-7-17(18)25-2)14-22(16-5-6-16)20(23)19-13-21-8-11-27-19;/h4,7,12,16,19,21H,3,5-6,8-11,13-14H2,1-2H3;1H. The van der Waals surface area contributed by atoms with Gasteiger partial charge in [0, 0.05) is 45.8 Å². The molecule has 2 fully saturated rings. The van der Waals surface area contributed by atoms with Crippen LogP contribution in [0.15, 0.2) is 18.2 Å². The van der Waals surface area contributed by atoms with Gasteiger partial charge in [0.1, 0.15) is 6.10 Å². The summed E-state index contributed by atoms with van der Waals surface area (Å²) in [5.74, 6) is 1.47. The highest BCUT2D eigenvalue weighted by molar-refractivity contribution is 5.85. The number of halogens is 1. The molecule has 1 saturated carbocycles. The van der Waals surface area contributed by atoms with E-state index in [9.17, 15) is 4.79 Å². The van der Waals surface area contributed by atoms with Gasteiger partial charge in [0.25, 0.3) is 5.91 Å². The zero-order chi connectivity index (χ0) is 19.1. The average molecular weight is 415 g/mol. The number of nitrogens with zero attached hydrogens (tertiary/aromatic N) is 1. The van der Waals surface area contributed by atoms with E-state index in [1.165, 1.54) is 0 Å². The first-order valence-corrected chi connectivity index (χ1v) is 9.64. The molecule has 1 aromatic rings. The molecule has 1 amide bonds. The molecule has 7 nitrogen and oxygen atoms in total. The summed E-state index contributed by atoms with van der Waals surface area (Å²) in [6.07, 6.45) is 2.54. The van der Waals surface area contributed by atoms with Crippen molar-refractivity contribution < 1.29 is 23.7 Å². The van der Waals surface area contributed by atoms with Crippen molar-refractivity contribution in [1.82, 2.24) is 10.2 Å². The quantitative estimate of drug-likeness (QED) is 0.591. The van der Waals surface area contributed by atoms with E-state index >= 15 is 0 Å². The van der Waals surface area contributed by atoms with Crippen LogP contribution >= 0.6 is 12.4 Å². The van der Waals surface area contributed by atoms with Crippen LogP contribution in [0.25, 0.3) is 0 Å². The summed E-state index contributed by atoms with van der Waals surface area (Å²) in [5, 5.41) is 3.23. The van der Waals surface area contributed by atoms with E-state index in [4.69, 9.17) is 18.9 Å². The number of nitrogens with one attached hydrogen (secondary N) is 1. The van der Waals surface area contributed by atoms with Crippen molar-refractivity contribution in [2.75, 3.05) is 47.1 Å². The van der Waals surface area contributed by atoms with Crippen molar-refractivity contribution >= 4 is 18.3 Å². The van der Waals surface area contributed by atoms with Gasteiger partial charge in [-0.25, -0.2) is 0 Å². The second-order valence-electron chi connectivity index (χ2n) is 6.94. The van der Waals surface area contributed by atoms with Gasteiger partial charge in [0.15, 0.2) is 11.5 Å². The summed E-state index contributed by atoms with van der Waals surface area (Å²) in [6.45, 7) is 3.73. The summed E-state index contributed by atoms with van der Waals surface area (Å²) in [5.41, 5.74) is 1.03. The third-order valence-electron chi connectivity index (χ3n) is 4.81. The highest BCUT2D eigenvalue weighted by Crippen LogP contribution is 2.32. The number of amides is 1. The van der Waals surface area contributed by atoms with Crippen molar-refractivity contribution in [3.8, 4) is 11.5 Å². The molecule has 1 N–H and O–H groups in total. The van der Waals surface area contributed by atoms with Gasteiger partial charge in [-0.15, -0.1) is 12.4 Å². The van der Waals surface area contributed by atoms with Crippen molar-refractivity contribution in [3.63, 3.8) is 0 Å². The highest BCUT2D eigenvalue weighted by Gasteiger charge is 2.36. The monoisotopic (exact) mass is 414 g/mol. The maximum atomic E-state index is 12.9. The fourth-order valence-corrected chi connectivity index (χ4v) is 3.20. The number of carbonyl (C=O) groups is 1. The zero-order valence-electron chi connectivity index (χ0n) is 16.6. The third-order valence-corrected chi connectivity index (χ3v) is 4.81. The molecule has 1 saturated heterocycles. The Morgan fingerprint density at radius 1 is 1.25 bits per heavy atom. The molecule has 8 heteroatoms. The van der Waals surface area contributed by atoms with E-state index in [1.807, 2.05) is 23.1 Å². The van der Waals surface area contributed by atoms with Crippen LogP contribution in [0.1, 0.15) is 24.8 Å². The Balaban J connectivity index is 0.00000280. The van der Waals surface area contributed by atoms with Crippen LogP contribution in [-0.2, 0) is 20.8 Å². The van der Waals surface area contributed by atoms with Crippen LogP contribution in [0.2, 0.25) is 0 Å². The van der Waals surface area contributed by atoms with Gasteiger partial charge in [-0.3, -0.25) is 4.79 Å². The van der Waals surface area contributed by atoms with E-state index < -0.39 is 0 Å². The van der Waals surface area contributed by atoms with Crippen LogP contribution in [-0.4, -0.2) is 70.1 Å². The lowest BCUT2D eigenvalue weighted by atomic mass is 10.1. The predicted octanol–water partition coefficient (Wildman–Crippen LogP) is 2.01.